The van der Waals surface area contributed by atoms with E-state index in [2.05, 4.69) is 10.2 Å². The molecule has 0 N–H and O–H groups in total. The lowest BCUT2D eigenvalue weighted by Crippen LogP contribution is -2.25. The first kappa shape index (κ1) is 9.58. The Kier molecular flexibility index (Phi) is 2.58. The van der Waals surface area contributed by atoms with Crippen LogP contribution < -0.4 is 4.57 Å². The van der Waals surface area contributed by atoms with Crippen molar-refractivity contribution in [2.45, 2.75) is 0 Å². The van der Waals surface area contributed by atoms with Crippen molar-refractivity contribution in [1.82, 2.24) is 4.57 Å². The van der Waals surface area contributed by atoms with Crippen LogP contribution in [0.4, 0.5) is 11.6 Å². The van der Waals surface area contributed by atoms with Gasteiger partial charge in [0.15, 0.2) is 0 Å². The summed E-state index contributed by atoms with van der Waals surface area (Å²) in [7, 11) is 3.89. The van der Waals surface area contributed by atoms with E-state index in [9.17, 15) is 0 Å². The molecule has 1 aromatic carbocycles. The third kappa shape index (κ3) is 2.10. The molecule has 0 atom stereocenters. The van der Waals surface area contributed by atoms with Crippen molar-refractivity contribution < 1.29 is 4.57 Å². The van der Waals surface area contributed by atoms with Crippen LogP contribution in [-0.2, 0) is 14.1 Å². The maximum Gasteiger partial charge on any atom is 0.421 e. The summed E-state index contributed by atoms with van der Waals surface area (Å²) >= 11 is 0. The number of rotatable bonds is 2. The Bertz CT molecular complexity index is 451. The van der Waals surface area contributed by atoms with Gasteiger partial charge in [-0.1, -0.05) is 23.3 Å². The first-order valence-corrected chi connectivity index (χ1v) is 4.75. The van der Waals surface area contributed by atoms with E-state index in [4.69, 9.17) is 0 Å². The molecule has 0 spiro atoms. The highest BCUT2D eigenvalue weighted by Crippen LogP contribution is 2.13. The number of hydrogen-bond donors (Lipinski definition) is 0. The van der Waals surface area contributed by atoms with E-state index in [0.717, 1.165) is 11.6 Å². The normalized spacial score (nSPS) is 11.1. The molecule has 2 rings (SSSR count). The molecule has 0 amide bonds. The number of benzene rings is 1. The molecule has 4 nitrogen and oxygen atoms in total. The van der Waals surface area contributed by atoms with Gasteiger partial charge in [0.1, 0.15) is 5.69 Å². The third-order valence-corrected chi connectivity index (χ3v) is 2.16. The SMILES string of the molecule is Cn1cc[n+](C)c1N=Nc1ccccc1. The minimum absolute atomic E-state index is 0.818. The predicted molar refractivity (Wildman–Crippen MR) is 57.2 cm³/mol. The minimum Gasteiger partial charge on any atom is -0.233 e. The van der Waals surface area contributed by atoms with E-state index >= 15 is 0 Å². The predicted octanol–water partition coefficient (Wildman–Crippen LogP) is 2.26. The van der Waals surface area contributed by atoms with E-state index in [1.54, 1.807) is 0 Å². The second-order valence-electron chi connectivity index (χ2n) is 3.36. The van der Waals surface area contributed by atoms with E-state index < -0.39 is 0 Å². The summed E-state index contributed by atoms with van der Waals surface area (Å²) in [5, 5.41) is 8.34. The number of imidazole rings is 1. The van der Waals surface area contributed by atoms with E-state index in [0.29, 0.717) is 0 Å². The van der Waals surface area contributed by atoms with Crippen molar-refractivity contribution in [2.75, 3.05) is 0 Å². The average Bonchev–Trinajstić information content (AvgIpc) is 2.58. The van der Waals surface area contributed by atoms with E-state index in [1.165, 1.54) is 0 Å². The number of nitrogens with zero attached hydrogens (tertiary/aromatic N) is 4. The second kappa shape index (κ2) is 4.04. The number of aryl methyl sites for hydroxylation is 2. The molecule has 0 saturated carbocycles. The van der Waals surface area contributed by atoms with Gasteiger partial charge in [0.2, 0.25) is 0 Å². The zero-order valence-corrected chi connectivity index (χ0v) is 8.83. The quantitative estimate of drug-likeness (QED) is 0.527. The lowest BCUT2D eigenvalue weighted by molar-refractivity contribution is -0.657. The summed E-state index contributed by atoms with van der Waals surface area (Å²) in [6, 6.07) is 9.69. The highest BCUT2D eigenvalue weighted by molar-refractivity contribution is 5.35. The molecule has 76 valence electrons. The van der Waals surface area contributed by atoms with Crippen LogP contribution in [0, 0.1) is 0 Å². The zero-order valence-electron chi connectivity index (χ0n) is 8.83. The molecule has 0 saturated heterocycles. The maximum atomic E-state index is 4.19. The van der Waals surface area contributed by atoms with Gasteiger partial charge in [0.05, 0.1) is 26.5 Å². The fraction of sp³-hybridized carbons (Fsp3) is 0.182. The highest BCUT2D eigenvalue weighted by Gasteiger charge is 2.09. The Balaban J connectivity index is 2.26. The van der Waals surface area contributed by atoms with Gasteiger partial charge in [-0.2, -0.15) is 0 Å². The van der Waals surface area contributed by atoms with Crippen LogP contribution in [-0.4, -0.2) is 4.57 Å². The monoisotopic (exact) mass is 201 g/mol. The molecule has 0 unspecified atom stereocenters. The summed E-state index contributed by atoms with van der Waals surface area (Å²) in [4.78, 5) is 0. The molecule has 15 heavy (non-hydrogen) atoms. The second-order valence-corrected chi connectivity index (χ2v) is 3.36. The maximum absolute atomic E-state index is 4.19. The molecular formula is C11H13N4+. The smallest absolute Gasteiger partial charge is 0.233 e. The van der Waals surface area contributed by atoms with Gasteiger partial charge in [0.25, 0.3) is 0 Å². The van der Waals surface area contributed by atoms with Crippen molar-refractivity contribution >= 4 is 11.6 Å². The van der Waals surface area contributed by atoms with E-state index in [1.807, 2.05) is 66.0 Å². The number of hydrogen-bond acceptors (Lipinski definition) is 2. The fourth-order valence-corrected chi connectivity index (χ4v) is 1.32. The fourth-order valence-electron chi connectivity index (χ4n) is 1.32. The van der Waals surface area contributed by atoms with Gasteiger partial charge in [0, 0.05) is 5.11 Å². The van der Waals surface area contributed by atoms with Crippen LogP contribution in [0.15, 0.2) is 53.0 Å². The molecule has 0 fully saturated rings. The van der Waals surface area contributed by atoms with Crippen LogP contribution in [0.25, 0.3) is 0 Å². The molecule has 0 bridgehead atoms. The minimum atomic E-state index is 0.818. The lowest BCUT2D eigenvalue weighted by Gasteiger charge is -1.88. The van der Waals surface area contributed by atoms with Crippen molar-refractivity contribution in [3.05, 3.63) is 42.7 Å². The zero-order chi connectivity index (χ0) is 10.7. The van der Waals surface area contributed by atoms with E-state index in [-0.39, 0.29) is 0 Å². The summed E-state index contributed by atoms with van der Waals surface area (Å²) in [5.41, 5.74) is 0.860. The summed E-state index contributed by atoms with van der Waals surface area (Å²) in [6.07, 6.45) is 3.89. The molecule has 2 aromatic rings. The average molecular weight is 201 g/mol. The molecule has 1 aromatic heterocycles. The molecule has 0 aliphatic carbocycles. The van der Waals surface area contributed by atoms with Crippen LogP contribution in [0.3, 0.4) is 0 Å². The Labute approximate surface area is 88.5 Å². The Morgan fingerprint density at radius 2 is 1.87 bits per heavy atom. The molecule has 0 aliphatic heterocycles. The molecule has 0 radical (unpaired) electrons. The first-order chi connectivity index (χ1) is 7.27. The van der Waals surface area contributed by atoms with Crippen LogP contribution in [0.2, 0.25) is 0 Å². The summed E-state index contributed by atoms with van der Waals surface area (Å²) < 4.78 is 3.85. The van der Waals surface area contributed by atoms with Crippen molar-refractivity contribution in [3.8, 4) is 0 Å². The van der Waals surface area contributed by atoms with Crippen LogP contribution in [0.5, 0.6) is 0 Å². The van der Waals surface area contributed by atoms with Gasteiger partial charge in [-0.05, 0) is 12.1 Å². The molecule has 0 aliphatic rings. The Morgan fingerprint density at radius 1 is 1.13 bits per heavy atom. The van der Waals surface area contributed by atoms with Gasteiger partial charge < -0.3 is 0 Å². The number of azo groups is 1. The van der Waals surface area contributed by atoms with Gasteiger partial charge in [-0.25, -0.2) is 9.13 Å². The molecule has 1 heterocycles. The van der Waals surface area contributed by atoms with Crippen molar-refractivity contribution in [3.63, 3.8) is 0 Å². The Hall–Kier alpha value is -1.97. The molecule has 4 heteroatoms. The van der Waals surface area contributed by atoms with Crippen molar-refractivity contribution in [2.24, 2.45) is 24.3 Å². The lowest BCUT2D eigenvalue weighted by atomic mass is 10.3. The first-order valence-electron chi connectivity index (χ1n) is 4.75. The van der Waals surface area contributed by atoms with Gasteiger partial charge in [-0.3, -0.25) is 0 Å². The molecular weight excluding hydrogens is 188 g/mol. The van der Waals surface area contributed by atoms with Crippen LogP contribution in [0.1, 0.15) is 0 Å². The van der Waals surface area contributed by atoms with Crippen molar-refractivity contribution in [1.29, 1.82) is 0 Å². The van der Waals surface area contributed by atoms with Gasteiger partial charge in [-0.15, -0.1) is 0 Å². The van der Waals surface area contributed by atoms with Crippen LogP contribution >= 0.6 is 0 Å². The third-order valence-electron chi connectivity index (χ3n) is 2.16. The topological polar surface area (TPSA) is 33.5 Å². The highest BCUT2D eigenvalue weighted by atomic mass is 15.3. The standard InChI is InChI=1S/C11H13N4/c1-14-8-9-15(2)11(14)13-12-10-6-4-3-5-7-10/h3-9H,1-2H3/q+1. The Morgan fingerprint density at radius 3 is 2.47 bits per heavy atom. The largest absolute Gasteiger partial charge is 0.421 e. The van der Waals surface area contributed by atoms with Gasteiger partial charge >= 0.3 is 5.95 Å². The summed E-state index contributed by atoms with van der Waals surface area (Å²) in [5.74, 6) is 0.818. The number of aromatic nitrogens is 2. The summed E-state index contributed by atoms with van der Waals surface area (Å²) in [6.45, 7) is 0.